The Kier molecular flexibility index (Phi) is 6.83. The SMILES string of the molecule is CCNC(=O)c1ccc(N)c(N(CCO)CCOC)c1. The third-order valence-corrected chi connectivity index (χ3v) is 2.91. The first kappa shape index (κ1) is 16.3. The summed E-state index contributed by atoms with van der Waals surface area (Å²) in [4.78, 5) is 13.8. The maximum absolute atomic E-state index is 11.9. The second-order valence-corrected chi connectivity index (χ2v) is 4.34. The van der Waals surface area contributed by atoms with Crippen LogP contribution in [0.25, 0.3) is 0 Å². The highest BCUT2D eigenvalue weighted by Gasteiger charge is 2.13. The smallest absolute Gasteiger partial charge is 0.251 e. The van der Waals surface area contributed by atoms with Gasteiger partial charge in [-0.3, -0.25) is 4.79 Å². The number of nitrogens with two attached hydrogens (primary N) is 1. The van der Waals surface area contributed by atoms with E-state index in [0.717, 1.165) is 5.69 Å². The average Bonchev–Trinajstić information content (AvgIpc) is 2.44. The van der Waals surface area contributed by atoms with Crippen LogP contribution in [-0.2, 0) is 4.74 Å². The number of anilines is 2. The number of amides is 1. The lowest BCUT2D eigenvalue weighted by Gasteiger charge is -2.25. The van der Waals surface area contributed by atoms with Crippen molar-refractivity contribution in [1.29, 1.82) is 0 Å². The summed E-state index contributed by atoms with van der Waals surface area (Å²) in [5, 5.41) is 11.9. The largest absolute Gasteiger partial charge is 0.397 e. The topological polar surface area (TPSA) is 87.8 Å². The van der Waals surface area contributed by atoms with Crippen LogP contribution < -0.4 is 16.0 Å². The van der Waals surface area contributed by atoms with Crippen molar-refractivity contribution in [3.63, 3.8) is 0 Å². The van der Waals surface area contributed by atoms with Gasteiger partial charge in [0, 0.05) is 32.3 Å². The second-order valence-electron chi connectivity index (χ2n) is 4.34. The van der Waals surface area contributed by atoms with Gasteiger partial charge >= 0.3 is 0 Å². The van der Waals surface area contributed by atoms with Gasteiger partial charge in [0.25, 0.3) is 5.91 Å². The number of methoxy groups -OCH3 is 1. The monoisotopic (exact) mass is 281 g/mol. The molecule has 0 fully saturated rings. The molecule has 0 atom stereocenters. The minimum absolute atomic E-state index is 0.00847. The summed E-state index contributed by atoms with van der Waals surface area (Å²) in [7, 11) is 1.62. The number of aliphatic hydroxyl groups is 1. The lowest BCUT2D eigenvalue weighted by atomic mass is 10.1. The van der Waals surface area contributed by atoms with Crippen LogP contribution in [-0.4, -0.2) is 51.0 Å². The molecule has 0 aliphatic carbocycles. The zero-order chi connectivity index (χ0) is 15.0. The van der Waals surface area contributed by atoms with Gasteiger partial charge in [0.05, 0.1) is 24.6 Å². The van der Waals surface area contributed by atoms with E-state index in [1.165, 1.54) is 0 Å². The van der Waals surface area contributed by atoms with Gasteiger partial charge in [-0.1, -0.05) is 0 Å². The highest BCUT2D eigenvalue weighted by atomic mass is 16.5. The summed E-state index contributed by atoms with van der Waals surface area (Å²) in [6.45, 7) is 4.00. The maximum atomic E-state index is 11.9. The summed E-state index contributed by atoms with van der Waals surface area (Å²) in [6.07, 6.45) is 0. The van der Waals surface area contributed by atoms with Crippen LogP contribution in [0.1, 0.15) is 17.3 Å². The summed E-state index contributed by atoms with van der Waals surface area (Å²) in [5.41, 5.74) is 7.83. The number of nitrogen functional groups attached to an aromatic ring is 1. The fourth-order valence-electron chi connectivity index (χ4n) is 1.90. The molecule has 4 N–H and O–H groups in total. The fraction of sp³-hybridized carbons (Fsp3) is 0.500. The van der Waals surface area contributed by atoms with E-state index < -0.39 is 0 Å². The van der Waals surface area contributed by atoms with E-state index in [0.29, 0.717) is 37.5 Å². The number of nitrogens with one attached hydrogen (secondary N) is 1. The Hall–Kier alpha value is -1.79. The molecule has 0 unspecified atom stereocenters. The number of rotatable bonds is 8. The number of hydrogen-bond donors (Lipinski definition) is 3. The predicted octanol–water partition coefficient (Wildman–Crippen LogP) is 0.464. The predicted molar refractivity (Wildman–Crippen MR) is 80.0 cm³/mol. The lowest BCUT2D eigenvalue weighted by Crippen LogP contribution is -2.31. The van der Waals surface area contributed by atoms with Crippen molar-refractivity contribution in [2.45, 2.75) is 6.92 Å². The standard InChI is InChI=1S/C14H23N3O3/c1-3-16-14(19)11-4-5-12(15)13(10-11)17(6-8-18)7-9-20-2/h4-5,10,18H,3,6-9,15H2,1-2H3,(H,16,19). The van der Waals surface area contributed by atoms with E-state index in [1.807, 2.05) is 11.8 Å². The number of benzene rings is 1. The highest BCUT2D eigenvalue weighted by Crippen LogP contribution is 2.24. The lowest BCUT2D eigenvalue weighted by molar-refractivity contribution is 0.0956. The van der Waals surface area contributed by atoms with Gasteiger partial charge in [0.1, 0.15) is 0 Å². The third kappa shape index (κ3) is 4.40. The van der Waals surface area contributed by atoms with Crippen LogP contribution in [0.4, 0.5) is 11.4 Å². The summed E-state index contributed by atoms with van der Waals surface area (Å²) in [5.74, 6) is -0.135. The molecule has 0 aliphatic rings. The Bertz CT molecular complexity index is 438. The summed E-state index contributed by atoms with van der Waals surface area (Å²) >= 11 is 0. The molecule has 0 saturated heterocycles. The molecule has 0 aliphatic heterocycles. The van der Waals surface area contributed by atoms with Crippen molar-refractivity contribution in [2.24, 2.45) is 0 Å². The summed E-state index contributed by atoms with van der Waals surface area (Å²) in [6, 6.07) is 5.14. The van der Waals surface area contributed by atoms with Crippen LogP contribution in [0.5, 0.6) is 0 Å². The highest BCUT2D eigenvalue weighted by molar-refractivity contribution is 5.96. The van der Waals surface area contributed by atoms with Gasteiger partial charge in [-0.25, -0.2) is 0 Å². The van der Waals surface area contributed by atoms with Gasteiger partial charge in [0.2, 0.25) is 0 Å². The van der Waals surface area contributed by atoms with Gasteiger partial charge in [-0.2, -0.15) is 0 Å². The van der Waals surface area contributed by atoms with Crippen molar-refractivity contribution >= 4 is 17.3 Å². The van der Waals surface area contributed by atoms with Crippen molar-refractivity contribution in [1.82, 2.24) is 5.32 Å². The van der Waals surface area contributed by atoms with Crippen molar-refractivity contribution in [3.8, 4) is 0 Å². The van der Waals surface area contributed by atoms with Crippen LogP contribution in [0.15, 0.2) is 18.2 Å². The molecule has 1 aromatic carbocycles. The molecule has 0 heterocycles. The minimum atomic E-state index is -0.135. The molecule has 20 heavy (non-hydrogen) atoms. The van der Waals surface area contributed by atoms with E-state index >= 15 is 0 Å². The molecule has 1 amide bonds. The van der Waals surface area contributed by atoms with Gasteiger partial charge < -0.3 is 25.8 Å². The molecule has 0 spiro atoms. The number of aliphatic hydroxyl groups excluding tert-OH is 1. The first-order chi connectivity index (χ1) is 9.63. The number of carbonyl (C=O) groups excluding carboxylic acids is 1. The molecular formula is C14H23N3O3. The number of ether oxygens (including phenoxy) is 1. The van der Waals surface area contributed by atoms with Gasteiger partial charge in [0.15, 0.2) is 0 Å². The van der Waals surface area contributed by atoms with E-state index in [1.54, 1.807) is 25.3 Å². The van der Waals surface area contributed by atoms with Crippen molar-refractivity contribution in [2.75, 3.05) is 50.6 Å². The van der Waals surface area contributed by atoms with Crippen molar-refractivity contribution < 1.29 is 14.6 Å². The normalized spacial score (nSPS) is 10.3. The molecule has 6 heteroatoms. The Morgan fingerprint density at radius 3 is 2.80 bits per heavy atom. The average molecular weight is 281 g/mol. The zero-order valence-electron chi connectivity index (χ0n) is 12.1. The van der Waals surface area contributed by atoms with Gasteiger partial charge in [-0.05, 0) is 25.1 Å². The zero-order valence-corrected chi connectivity index (χ0v) is 12.1. The first-order valence-electron chi connectivity index (χ1n) is 6.66. The van der Waals surface area contributed by atoms with Crippen LogP contribution in [0, 0.1) is 0 Å². The Labute approximate surface area is 119 Å². The van der Waals surface area contributed by atoms with E-state index in [9.17, 15) is 4.79 Å². The van der Waals surface area contributed by atoms with Crippen molar-refractivity contribution in [3.05, 3.63) is 23.8 Å². The Balaban J connectivity index is 3.00. The van der Waals surface area contributed by atoms with Crippen LogP contribution in [0.3, 0.4) is 0 Å². The molecule has 0 bridgehead atoms. The van der Waals surface area contributed by atoms with Crippen LogP contribution >= 0.6 is 0 Å². The molecule has 1 aromatic rings. The molecule has 1 rings (SSSR count). The molecular weight excluding hydrogens is 258 g/mol. The molecule has 0 saturated carbocycles. The Morgan fingerprint density at radius 2 is 2.20 bits per heavy atom. The van der Waals surface area contributed by atoms with E-state index in [2.05, 4.69) is 5.32 Å². The molecule has 0 aromatic heterocycles. The molecule has 0 radical (unpaired) electrons. The quantitative estimate of drug-likeness (QED) is 0.603. The van der Waals surface area contributed by atoms with Gasteiger partial charge in [-0.15, -0.1) is 0 Å². The minimum Gasteiger partial charge on any atom is -0.397 e. The molecule has 112 valence electrons. The second kappa shape index (κ2) is 8.39. The first-order valence-corrected chi connectivity index (χ1v) is 6.66. The fourth-order valence-corrected chi connectivity index (χ4v) is 1.90. The van der Waals surface area contributed by atoms with E-state index in [-0.39, 0.29) is 12.5 Å². The maximum Gasteiger partial charge on any atom is 0.251 e. The van der Waals surface area contributed by atoms with Crippen LogP contribution in [0.2, 0.25) is 0 Å². The summed E-state index contributed by atoms with van der Waals surface area (Å²) < 4.78 is 5.05. The number of carbonyl (C=O) groups is 1. The van der Waals surface area contributed by atoms with E-state index in [4.69, 9.17) is 15.6 Å². The Morgan fingerprint density at radius 1 is 1.45 bits per heavy atom. The molecule has 6 nitrogen and oxygen atoms in total. The third-order valence-electron chi connectivity index (χ3n) is 2.91. The number of hydrogen-bond acceptors (Lipinski definition) is 5. The number of nitrogens with zero attached hydrogens (tertiary/aromatic N) is 1.